The van der Waals surface area contributed by atoms with Crippen LogP contribution in [0.4, 0.5) is 5.82 Å². The van der Waals surface area contributed by atoms with Crippen LogP contribution in [0, 0.1) is 13.8 Å². The zero-order valence-corrected chi connectivity index (χ0v) is 14.9. The Morgan fingerprint density at radius 1 is 1.09 bits per heavy atom. The van der Waals surface area contributed by atoms with Crippen LogP contribution in [0.5, 0.6) is 0 Å². The van der Waals surface area contributed by atoms with E-state index in [4.69, 9.17) is 0 Å². The molecule has 0 atom stereocenters. The quantitative estimate of drug-likeness (QED) is 0.630. The van der Waals surface area contributed by atoms with Crippen LogP contribution in [0.3, 0.4) is 0 Å². The first-order chi connectivity index (χ1) is 11.2. The van der Waals surface area contributed by atoms with E-state index in [0.717, 1.165) is 23.7 Å². The number of rotatable bonds is 6. The Hall–Kier alpha value is -1.94. The molecule has 0 saturated carbocycles. The summed E-state index contributed by atoms with van der Waals surface area (Å²) in [5.41, 5.74) is 2.63. The van der Waals surface area contributed by atoms with Crippen molar-refractivity contribution < 1.29 is 0 Å². The lowest BCUT2D eigenvalue weighted by Crippen LogP contribution is -2.25. The molecule has 0 unspecified atom stereocenters. The highest BCUT2D eigenvalue weighted by atomic mass is 32.1. The van der Waals surface area contributed by atoms with Gasteiger partial charge in [0.2, 0.25) is 0 Å². The Labute approximate surface area is 142 Å². The van der Waals surface area contributed by atoms with Crippen LogP contribution in [-0.4, -0.2) is 16.5 Å². The smallest absolute Gasteiger partial charge is 0.141 e. The van der Waals surface area contributed by atoms with E-state index >= 15 is 0 Å². The van der Waals surface area contributed by atoms with Crippen LogP contribution >= 0.6 is 11.3 Å². The zero-order chi connectivity index (χ0) is 16.2. The van der Waals surface area contributed by atoms with E-state index < -0.39 is 0 Å². The maximum Gasteiger partial charge on any atom is 0.141 e. The van der Waals surface area contributed by atoms with Gasteiger partial charge < -0.3 is 4.90 Å². The highest BCUT2D eigenvalue weighted by molar-refractivity contribution is 7.18. The second kappa shape index (κ2) is 7.09. The average molecular weight is 325 g/mol. The summed E-state index contributed by atoms with van der Waals surface area (Å²) in [5.74, 6) is 1.08. The van der Waals surface area contributed by atoms with Gasteiger partial charge in [-0.2, -0.15) is 0 Å². The molecule has 0 saturated heterocycles. The maximum atomic E-state index is 4.65. The average Bonchev–Trinajstić information content (AvgIpc) is 2.87. The van der Waals surface area contributed by atoms with Gasteiger partial charge in [0, 0.05) is 18.0 Å². The van der Waals surface area contributed by atoms with E-state index in [0.29, 0.717) is 0 Å². The number of unbranched alkanes of at least 4 members (excludes halogenated alkanes) is 1. The van der Waals surface area contributed by atoms with Gasteiger partial charge >= 0.3 is 0 Å². The van der Waals surface area contributed by atoms with Gasteiger partial charge in [-0.15, -0.1) is 11.3 Å². The molecule has 23 heavy (non-hydrogen) atoms. The molecule has 0 radical (unpaired) electrons. The third-order valence-electron chi connectivity index (χ3n) is 4.24. The van der Waals surface area contributed by atoms with Crippen LogP contribution in [-0.2, 0) is 6.54 Å². The number of hydrogen-bond donors (Lipinski definition) is 0. The van der Waals surface area contributed by atoms with Crippen molar-refractivity contribution in [2.75, 3.05) is 11.4 Å². The predicted octanol–water partition coefficient (Wildman–Crippen LogP) is 5.11. The minimum atomic E-state index is 0.890. The largest absolute Gasteiger partial charge is 0.352 e. The molecule has 1 aromatic carbocycles. The van der Waals surface area contributed by atoms with Crippen molar-refractivity contribution in [2.45, 2.75) is 40.2 Å². The van der Waals surface area contributed by atoms with Gasteiger partial charge in [0.1, 0.15) is 17.0 Å². The number of nitrogens with zero attached hydrogens (tertiary/aromatic N) is 3. The Bertz CT molecular complexity index is 780. The molecule has 0 N–H and O–H groups in total. The first-order valence-corrected chi connectivity index (χ1v) is 9.02. The Morgan fingerprint density at radius 2 is 1.87 bits per heavy atom. The van der Waals surface area contributed by atoms with Crippen LogP contribution in [0.15, 0.2) is 36.7 Å². The van der Waals surface area contributed by atoms with Gasteiger partial charge in [-0.25, -0.2) is 9.97 Å². The molecule has 0 aliphatic carbocycles. The number of aryl methyl sites for hydroxylation is 2. The van der Waals surface area contributed by atoms with Crippen LogP contribution < -0.4 is 4.90 Å². The van der Waals surface area contributed by atoms with E-state index in [-0.39, 0.29) is 0 Å². The van der Waals surface area contributed by atoms with Gasteiger partial charge in [-0.3, -0.25) is 0 Å². The normalized spacial score (nSPS) is 11.1. The number of thiophene rings is 1. The number of aromatic nitrogens is 2. The topological polar surface area (TPSA) is 29.0 Å². The first-order valence-electron chi connectivity index (χ1n) is 8.20. The zero-order valence-electron chi connectivity index (χ0n) is 14.0. The molecule has 3 rings (SSSR count). The molecule has 0 aliphatic heterocycles. The fourth-order valence-electron chi connectivity index (χ4n) is 2.82. The molecule has 2 heterocycles. The van der Waals surface area contributed by atoms with Crippen molar-refractivity contribution in [1.29, 1.82) is 0 Å². The minimum Gasteiger partial charge on any atom is -0.352 e. The standard InChI is InChI=1S/C19H23N3S/c1-4-5-11-22(12-16-9-7-6-8-10-16)18-17-14(2)15(3)23-19(17)21-13-20-18/h6-10,13H,4-5,11-12H2,1-3H3. The fourth-order valence-corrected chi connectivity index (χ4v) is 3.81. The number of hydrogen-bond acceptors (Lipinski definition) is 4. The molecule has 3 aromatic rings. The van der Waals surface area contributed by atoms with Crippen molar-refractivity contribution in [3.63, 3.8) is 0 Å². The molecule has 4 heteroatoms. The molecule has 0 bridgehead atoms. The SMILES string of the molecule is CCCCN(Cc1ccccc1)c1ncnc2sc(C)c(C)c12. The van der Waals surface area contributed by atoms with E-state index in [1.165, 1.54) is 34.2 Å². The molecule has 2 aromatic heterocycles. The summed E-state index contributed by atoms with van der Waals surface area (Å²) in [5, 5.41) is 1.22. The molecule has 120 valence electrons. The van der Waals surface area contributed by atoms with Crippen LogP contribution in [0.2, 0.25) is 0 Å². The molecule has 0 spiro atoms. The van der Waals surface area contributed by atoms with Crippen molar-refractivity contribution in [2.24, 2.45) is 0 Å². The van der Waals surface area contributed by atoms with Crippen LogP contribution in [0.25, 0.3) is 10.2 Å². The second-order valence-corrected chi connectivity index (χ2v) is 7.12. The number of fused-ring (bicyclic) bond motifs is 1. The second-order valence-electron chi connectivity index (χ2n) is 5.92. The maximum absolute atomic E-state index is 4.65. The Balaban J connectivity index is 2.02. The summed E-state index contributed by atoms with van der Waals surface area (Å²) in [6.07, 6.45) is 4.05. The van der Waals surface area contributed by atoms with Gasteiger partial charge in [-0.1, -0.05) is 43.7 Å². The van der Waals surface area contributed by atoms with Gasteiger partial charge in [-0.05, 0) is 31.4 Å². The number of benzene rings is 1. The molecular formula is C19H23N3S. The van der Waals surface area contributed by atoms with E-state index in [9.17, 15) is 0 Å². The lowest BCUT2D eigenvalue weighted by atomic mass is 10.1. The summed E-state index contributed by atoms with van der Waals surface area (Å²) in [4.78, 5) is 14.0. The molecule has 3 nitrogen and oxygen atoms in total. The third kappa shape index (κ3) is 3.37. The highest BCUT2D eigenvalue weighted by Gasteiger charge is 2.17. The minimum absolute atomic E-state index is 0.890. The predicted molar refractivity (Wildman–Crippen MR) is 99.3 cm³/mol. The fraction of sp³-hybridized carbons (Fsp3) is 0.368. The van der Waals surface area contributed by atoms with Crippen molar-refractivity contribution in [3.8, 4) is 0 Å². The summed E-state index contributed by atoms with van der Waals surface area (Å²) in [7, 11) is 0. The lowest BCUT2D eigenvalue weighted by molar-refractivity contribution is 0.709. The van der Waals surface area contributed by atoms with E-state index in [2.05, 4.69) is 66.0 Å². The van der Waals surface area contributed by atoms with E-state index in [1.54, 1.807) is 17.7 Å². The van der Waals surface area contributed by atoms with Crippen molar-refractivity contribution in [3.05, 3.63) is 52.7 Å². The van der Waals surface area contributed by atoms with Gasteiger partial charge in [0.25, 0.3) is 0 Å². The summed E-state index contributed by atoms with van der Waals surface area (Å²) in [6.45, 7) is 8.49. The third-order valence-corrected chi connectivity index (χ3v) is 5.36. The highest BCUT2D eigenvalue weighted by Crippen LogP contribution is 2.34. The monoisotopic (exact) mass is 325 g/mol. The molecule has 0 amide bonds. The van der Waals surface area contributed by atoms with Gasteiger partial charge in [0.05, 0.1) is 5.39 Å². The van der Waals surface area contributed by atoms with E-state index in [1.807, 2.05) is 0 Å². The van der Waals surface area contributed by atoms with Crippen molar-refractivity contribution >= 4 is 27.4 Å². The molecular weight excluding hydrogens is 302 g/mol. The summed E-state index contributed by atoms with van der Waals surface area (Å²) < 4.78 is 0. The lowest BCUT2D eigenvalue weighted by Gasteiger charge is -2.24. The Kier molecular flexibility index (Phi) is 4.91. The first kappa shape index (κ1) is 15.9. The Morgan fingerprint density at radius 3 is 2.61 bits per heavy atom. The summed E-state index contributed by atoms with van der Waals surface area (Å²) >= 11 is 1.76. The molecule has 0 fully saturated rings. The number of anilines is 1. The van der Waals surface area contributed by atoms with Gasteiger partial charge in [0.15, 0.2) is 0 Å². The van der Waals surface area contributed by atoms with Crippen molar-refractivity contribution in [1.82, 2.24) is 9.97 Å². The summed E-state index contributed by atoms with van der Waals surface area (Å²) in [6, 6.07) is 10.6. The van der Waals surface area contributed by atoms with Crippen LogP contribution in [0.1, 0.15) is 35.8 Å². The molecule has 0 aliphatic rings.